The van der Waals surface area contributed by atoms with Crippen molar-refractivity contribution in [3.8, 4) is 21.8 Å². The summed E-state index contributed by atoms with van der Waals surface area (Å²) in [5, 5.41) is 8.15. The molecular formula is C19H21N5O2S. The van der Waals surface area contributed by atoms with E-state index in [4.69, 9.17) is 5.10 Å². The zero-order chi connectivity index (χ0) is 19.1. The first-order valence-electron chi connectivity index (χ1n) is 8.87. The molecule has 7 nitrogen and oxygen atoms in total. The van der Waals surface area contributed by atoms with Crippen molar-refractivity contribution in [2.75, 3.05) is 12.4 Å². The molecule has 0 radical (unpaired) electrons. The van der Waals surface area contributed by atoms with Gasteiger partial charge in [-0.1, -0.05) is 11.3 Å². The molecule has 1 amide bonds. The largest absolute Gasteiger partial charge is 0.453 e. The van der Waals surface area contributed by atoms with Crippen molar-refractivity contribution in [3.63, 3.8) is 0 Å². The standard InChI is InChI=1S/C19H21N5O2S/c1-10(2)24-16-13(15(23-24)12-6-5-11(3)20-9-12)7-8-14-17(16)27-18(21-14)22-19(25)26-4/h5-6,9-10H,7-8H2,1-4H3,(H,21,22,25). The number of methoxy groups -OCH3 is 1. The van der Waals surface area contributed by atoms with Crippen LogP contribution in [0.3, 0.4) is 0 Å². The molecule has 140 valence electrons. The number of aromatic nitrogens is 4. The van der Waals surface area contributed by atoms with E-state index in [9.17, 15) is 4.79 Å². The van der Waals surface area contributed by atoms with Gasteiger partial charge < -0.3 is 4.74 Å². The van der Waals surface area contributed by atoms with Crippen LogP contribution in [0.4, 0.5) is 9.93 Å². The third-order valence-electron chi connectivity index (χ3n) is 4.60. The summed E-state index contributed by atoms with van der Waals surface area (Å²) < 4.78 is 6.74. The van der Waals surface area contributed by atoms with E-state index >= 15 is 0 Å². The number of anilines is 1. The maximum atomic E-state index is 11.5. The Morgan fingerprint density at radius 1 is 1.33 bits per heavy atom. The third kappa shape index (κ3) is 3.10. The Labute approximate surface area is 161 Å². The molecule has 3 aromatic heterocycles. The molecule has 27 heavy (non-hydrogen) atoms. The van der Waals surface area contributed by atoms with Crippen molar-refractivity contribution >= 4 is 22.6 Å². The second-order valence-corrected chi connectivity index (χ2v) is 7.81. The van der Waals surface area contributed by atoms with Crippen LogP contribution in [0.25, 0.3) is 21.8 Å². The number of hydrogen-bond acceptors (Lipinski definition) is 6. The summed E-state index contributed by atoms with van der Waals surface area (Å²) in [4.78, 5) is 21.6. The molecule has 0 atom stereocenters. The number of thiazole rings is 1. The van der Waals surface area contributed by atoms with E-state index in [0.29, 0.717) is 5.13 Å². The lowest BCUT2D eigenvalue weighted by Gasteiger charge is -2.15. The van der Waals surface area contributed by atoms with Gasteiger partial charge in [0.05, 0.1) is 29.1 Å². The number of nitrogens with one attached hydrogen (secondary N) is 1. The van der Waals surface area contributed by atoms with Crippen LogP contribution >= 0.6 is 11.3 Å². The SMILES string of the molecule is COC(=O)Nc1nc2c(s1)-c1c(c(-c3ccc(C)nc3)nn1C(C)C)CC2. The van der Waals surface area contributed by atoms with Gasteiger partial charge in [-0.05, 0) is 45.7 Å². The van der Waals surface area contributed by atoms with E-state index in [2.05, 4.69) is 44.6 Å². The van der Waals surface area contributed by atoms with Crippen molar-refractivity contribution in [3.05, 3.63) is 35.3 Å². The average Bonchev–Trinajstić information content (AvgIpc) is 3.23. The van der Waals surface area contributed by atoms with Crippen LogP contribution in [0.15, 0.2) is 18.3 Å². The molecule has 3 aromatic rings. The van der Waals surface area contributed by atoms with Crippen molar-refractivity contribution in [1.82, 2.24) is 19.7 Å². The van der Waals surface area contributed by atoms with Crippen LogP contribution < -0.4 is 5.32 Å². The number of aryl methyl sites for hydroxylation is 2. The lowest BCUT2D eigenvalue weighted by Crippen LogP contribution is -2.10. The minimum atomic E-state index is -0.509. The van der Waals surface area contributed by atoms with Crippen LogP contribution in [-0.4, -0.2) is 33.0 Å². The molecule has 0 aromatic carbocycles. The molecule has 0 saturated heterocycles. The van der Waals surface area contributed by atoms with Gasteiger partial charge in [-0.25, -0.2) is 9.78 Å². The van der Waals surface area contributed by atoms with E-state index in [1.165, 1.54) is 24.0 Å². The smallest absolute Gasteiger partial charge is 0.413 e. The Morgan fingerprint density at radius 3 is 2.81 bits per heavy atom. The fourth-order valence-corrected chi connectivity index (χ4v) is 4.36. The number of fused-ring (bicyclic) bond motifs is 3. The summed E-state index contributed by atoms with van der Waals surface area (Å²) in [7, 11) is 1.34. The predicted molar refractivity (Wildman–Crippen MR) is 105 cm³/mol. The predicted octanol–water partition coefficient (Wildman–Crippen LogP) is 4.23. The molecule has 0 fully saturated rings. The Balaban J connectivity index is 1.84. The molecule has 3 heterocycles. The molecule has 1 aliphatic carbocycles. The lowest BCUT2D eigenvalue weighted by molar-refractivity contribution is 0.187. The van der Waals surface area contributed by atoms with Crippen molar-refractivity contribution in [1.29, 1.82) is 0 Å². The van der Waals surface area contributed by atoms with Crippen LogP contribution in [0.2, 0.25) is 0 Å². The normalized spacial score (nSPS) is 12.6. The van der Waals surface area contributed by atoms with E-state index in [1.807, 2.05) is 19.2 Å². The maximum absolute atomic E-state index is 11.5. The molecule has 0 aliphatic heterocycles. The molecule has 8 heteroatoms. The Kier molecular flexibility index (Phi) is 4.43. The van der Waals surface area contributed by atoms with E-state index in [1.54, 1.807) is 0 Å². The van der Waals surface area contributed by atoms with E-state index in [0.717, 1.165) is 46.1 Å². The molecular weight excluding hydrogens is 362 g/mol. The number of ether oxygens (including phenoxy) is 1. The van der Waals surface area contributed by atoms with Gasteiger partial charge in [-0.2, -0.15) is 5.10 Å². The van der Waals surface area contributed by atoms with Gasteiger partial charge in [-0.3, -0.25) is 15.0 Å². The van der Waals surface area contributed by atoms with Crippen LogP contribution in [-0.2, 0) is 17.6 Å². The third-order valence-corrected chi connectivity index (χ3v) is 5.62. The van der Waals surface area contributed by atoms with Gasteiger partial charge in [0, 0.05) is 29.1 Å². The average molecular weight is 383 g/mol. The topological polar surface area (TPSA) is 81.9 Å². The number of pyridine rings is 1. The Hall–Kier alpha value is -2.74. The number of hydrogen-bond donors (Lipinski definition) is 1. The number of nitrogens with zero attached hydrogens (tertiary/aromatic N) is 4. The highest BCUT2D eigenvalue weighted by Gasteiger charge is 2.30. The Bertz CT molecular complexity index is 1000. The summed E-state index contributed by atoms with van der Waals surface area (Å²) in [6.45, 7) is 6.21. The summed E-state index contributed by atoms with van der Waals surface area (Å²) >= 11 is 1.46. The zero-order valence-electron chi connectivity index (χ0n) is 15.7. The monoisotopic (exact) mass is 383 g/mol. The lowest BCUT2D eigenvalue weighted by atomic mass is 9.95. The van der Waals surface area contributed by atoms with Gasteiger partial charge >= 0.3 is 6.09 Å². The molecule has 1 N–H and O–H groups in total. The highest BCUT2D eigenvalue weighted by Crippen LogP contribution is 2.43. The van der Waals surface area contributed by atoms with Crippen LogP contribution in [0.1, 0.15) is 36.8 Å². The second-order valence-electron chi connectivity index (χ2n) is 6.81. The minimum absolute atomic E-state index is 0.205. The quantitative estimate of drug-likeness (QED) is 0.732. The molecule has 0 spiro atoms. The van der Waals surface area contributed by atoms with E-state index < -0.39 is 6.09 Å². The summed E-state index contributed by atoms with van der Waals surface area (Å²) in [5.74, 6) is 0. The fraction of sp³-hybridized carbons (Fsp3) is 0.368. The van der Waals surface area contributed by atoms with Crippen LogP contribution in [0.5, 0.6) is 0 Å². The number of rotatable bonds is 3. The first-order valence-corrected chi connectivity index (χ1v) is 9.69. The van der Waals surface area contributed by atoms with Crippen molar-refractivity contribution in [2.45, 2.75) is 39.7 Å². The van der Waals surface area contributed by atoms with Gasteiger partial charge in [0.2, 0.25) is 0 Å². The molecule has 1 aliphatic rings. The summed E-state index contributed by atoms with van der Waals surface area (Å²) in [6.07, 6.45) is 3.05. The summed E-state index contributed by atoms with van der Waals surface area (Å²) in [6, 6.07) is 4.29. The highest BCUT2D eigenvalue weighted by molar-refractivity contribution is 7.19. The highest BCUT2D eigenvalue weighted by atomic mass is 32.1. The molecule has 4 rings (SSSR count). The van der Waals surface area contributed by atoms with Gasteiger partial charge in [0.1, 0.15) is 0 Å². The first-order chi connectivity index (χ1) is 13.0. The minimum Gasteiger partial charge on any atom is -0.453 e. The second kappa shape index (κ2) is 6.77. The van der Waals surface area contributed by atoms with Gasteiger partial charge in [0.25, 0.3) is 0 Å². The van der Waals surface area contributed by atoms with E-state index in [-0.39, 0.29) is 6.04 Å². The van der Waals surface area contributed by atoms with Gasteiger partial charge in [-0.15, -0.1) is 0 Å². The van der Waals surface area contributed by atoms with Crippen molar-refractivity contribution in [2.24, 2.45) is 0 Å². The first kappa shape index (κ1) is 17.7. The zero-order valence-corrected chi connectivity index (χ0v) is 16.6. The number of carbonyl (C=O) groups is 1. The summed E-state index contributed by atoms with van der Waals surface area (Å²) in [5.41, 5.74) is 6.30. The molecule has 0 unspecified atom stereocenters. The number of carbonyl (C=O) groups excluding carboxylic acids is 1. The Morgan fingerprint density at radius 2 is 2.15 bits per heavy atom. The fourth-order valence-electron chi connectivity index (χ4n) is 3.30. The van der Waals surface area contributed by atoms with Crippen molar-refractivity contribution < 1.29 is 9.53 Å². The van der Waals surface area contributed by atoms with Crippen LogP contribution in [0, 0.1) is 6.92 Å². The van der Waals surface area contributed by atoms with Gasteiger partial charge in [0.15, 0.2) is 5.13 Å². The molecule has 0 bridgehead atoms. The molecule has 0 saturated carbocycles. The maximum Gasteiger partial charge on any atom is 0.413 e. The number of amides is 1.